The normalized spacial score (nSPS) is 16.4. The molecule has 1 saturated heterocycles. The van der Waals surface area contributed by atoms with Crippen LogP contribution in [0.25, 0.3) is 0 Å². The molecule has 0 radical (unpaired) electrons. The van der Waals surface area contributed by atoms with Crippen molar-refractivity contribution in [2.24, 2.45) is 4.99 Å². The topological polar surface area (TPSA) is 70.1 Å². The Morgan fingerprint density at radius 2 is 1.90 bits per heavy atom. The van der Waals surface area contributed by atoms with Crippen molar-refractivity contribution in [3.63, 3.8) is 0 Å². The Labute approximate surface area is 176 Å². The second-order valence-electron chi connectivity index (χ2n) is 6.87. The number of amides is 1. The van der Waals surface area contributed by atoms with Crippen molar-refractivity contribution in [1.29, 1.82) is 0 Å². The maximum absolute atomic E-state index is 13.1. The van der Waals surface area contributed by atoms with E-state index >= 15 is 0 Å². The Morgan fingerprint density at radius 1 is 1.14 bits per heavy atom. The highest BCUT2D eigenvalue weighted by Crippen LogP contribution is 2.22. The van der Waals surface area contributed by atoms with Crippen LogP contribution in [-0.4, -0.2) is 61.6 Å². The molecule has 2 aromatic carbocycles. The Morgan fingerprint density at radius 3 is 2.62 bits per heavy atom. The molecule has 0 unspecified atom stereocenters. The average Bonchev–Trinajstić information content (AvgIpc) is 2.74. The lowest BCUT2D eigenvalue weighted by atomic mass is 10.2. The lowest BCUT2D eigenvalue weighted by molar-refractivity contribution is 0.0848. The van der Waals surface area contributed by atoms with Gasteiger partial charge in [0, 0.05) is 38.5 Å². The number of hydrogen-bond acceptors (Lipinski definition) is 5. The Kier molecular flexibility index (Phi) is 7.10. The summed E-state index contributed by atoms with van der Waals surface area (Å²) in [6.07, 6.45) is 1.69. The summed E-state index contributed by atoms with van der Waals surface area (Å²) in [5, 5.41) is 0.707. The van der Waals surface area contributed by atoms with Crippen molar-refractivity contribution >= 4 is 32.9 Å². The second kappa shape index (κ2) is 9.56. The van der Waals surface area contributed by atoms with E-state index in [9.17, 15) is 13.2 Å². The van der Waals surface area contributed by atoms with Crippen molar-refractivity contribution < 1.29 is 13.2 Å². The zero-order valence-electron chi connectivity index (χ0n) is 16.6. The number of nitrogens with zero attached hydrogens (tertiary/aromatic N) is 3. The maximum atomic E-state index is 13.1. The SMILES string of the molecule is CN(C)S(=O)(=O)c1cccc(C(=O)N2CCCSC2=NCCc2ccccc2)c1. The van der Waals surface area contributed by atoms with Gasteiger partial charge in [0.2, 0.25) is 10.0 Å². The fourth-order valence-electron chi connectivity index (χ4n) is 2.96. The van der Waals surface area contributed by atoms with E-state index in [1.165, 1.54) is 31.8 Å². The van der Waals surface area contributed by atoms with Crippen LogP contribution in [0.2, 0.25) is 0 Å². The molecule has 0 atom stereocenters. The third kappa shape index (κ3) is 5.26. The van der Waals surface area contributed by atoms with Gasteiger partial charge in [0.15, 0.2) is 5.17 Å². The summed E-state index contributed by atoms with van der Waals surface area (Å²) < 4.78 is 25.9. The first-order chi connectivity index (χ1) is 13.9. The zero-order valence-corrected chi connectivity index (χ0v) is 18.2. The average molecular weight is 432 g/mol. The molecule has 2 aromatic rings. The van der Waals surface area contributed by atoms with Crippen molar-refractivity contribution in [3.8, 4) is 0 Å². The smallest absolute Gasteiger partial charge is 0.259 e. The van der Waals surface area contributed by atoms with E-state index in [4.69, 9.17) is 0 Å². The highest BCUT2D eigenvalue weighted by atomic mass is 32.2. The van der Waals surface area contributed by atoms with Crippen LogP contribution in [0.4, 0.5) is 0 Å². The van der Waals surface area contributed by atoms with Gasteiger partial charge in [0.1, 0.15) is 0 Å². The summed E-state index contributed by atoms with van der Waals surface area (Å²) in [6, 6.07) is 16.3. The predicted octanol–water partition coefficient (Wildman–Crippen LogP) is 3.11. The first-order valence-electron chi connectivity index (χ1n) is 9.45. The number of sulfonamides is 1. The summed E-state index contributed by atoms with van der Waals surface area (Å²) in [4.78, 5) is 19.6. The van der Waals surface area contributed by atoms with Gasteiger partial charge in [0.05, 0.1) is 4.90 Å². The van der Waals surface area contributed by atoms with Gasteiger partial charge >= 0.3 is 0 Å². The standard InChI is InChI=1S/C21H25N3O3S2/c1-23(2)29(26,27)19-11-6-10-18(16-19)20(25)24-14-7-15-28-21(24)22-13-12-17-8-4-3-5-9-17/h3-6,8-11,16H,7,12-15H2,1-2H3. The van der Waals surface area contributed by atoms with Crippen LogP contribution in [0.3, 0.4) is 0 Å². The molecule has 0 spiro atoms. The number of carbonyl (C=O) groups excluding carboxylic acids is 1. The summed E-state index contributed by atoms with van der Waals surface area (Å²) >= 11 is 1.57. The van der Waals surface area contributed by atoms with Crippen LogP contribution in [0.1, 0.15) is 22.3 Å². The number of rotatable bonds is 6. The van der Waals surface area contributed by atoms with E-state index in [2.05, 4.69) is 17.1 Å². The Bertz CT molecular complexity index is 989. The number of hydrogen-bond donors (Lipinski definition) is 0. The molecule has 0 bridgehead atoms. The molecule has 8 heteroatoms. The molecule has 1 fully saturated rings. The maximum Gasteiger partial charge on any atom is 0.259 e. The molecule has 3 rings (SSSR count). The molecular formula is C21H25N3O3S2. The van der Waals surface area contributed by atoms with Gasteiger partial charge in [-0.05, 0) is 36.6 Å². The van der Waals surface area contributed by atoms with Crippen molar-refractivity contribution in [1.82, 2.24) is 9.21 Å². The number of benzene rings is 2. The fourth-order valence-corrected chi connectivity index (χ4v) is 4.88. The van der Waals surface area contributed by atoms with Crippen LogP contribution < -0.4 is 0 Å². The largest absolute Gasteiger partial charge is 0.287 e. The van der Waals surface area contributed by atoms with E-state index in [0.717, 1.165) is 22.9 Å². The van der Waals surface area contributed by atoms with Gasteiger partial charge in [-0.1, -0.05) is 48.2 Å². The third-order valence-corrected chi connectivity index (χ3v) is 7.49. The van der Waals surface area contributed by atoms with E-state index in [1.807, 2.05) is 18.2 Å². The lowest BCUT2D eigenvalue weighted by Gasteiger charge is -2.28. The van der Waals surface area contributed by atoms with E-state index in [0.29, 0.717) is 23.8 Å². The molecule has 0 N–H and O–H groups in total. The van der Waals surface area contributed by atoms with Crippen LogP contribution in [0.5, 0.6) is 0 Å². The predicted molar refractivity (Wildman–Crippen MR) is 118 cm³/mol. The monoisotopic (exact) mass is 431 g/mol. The number of amidine groups is 1. The lowest BCUT2D eigenvalue weighted by Crippen LogP contribution is -2.39. The number of thioether (sulfide) groups is 1. The molecule has 1 aliphatic heterocycles. The fraction of sp³-hybridized carbons (Fsp3) is 0.333. The highest BCUT2D eigenvalue weighted by molar-refractivity contribution is 8.13. The minimum absolute atomic E-state index is 0.112. The van der Waals surface area contributed by atoms with Crippen molar-refractivity contribution in [3.05, 3.63) is 65.7 Å². The van der Waals surface area contributed by atoms with Crippen LogP contribution in [-0.2, 0) is 16.4 Å². The van der Waals surface area contributed by atoms with Crippen molar-refractivity contribution in [2.45, 2.75) is 17.7 Å². The summed E-state index contributed by atoms with van der Waals surface area (Å²) in [7, 11) is -0.645. The third-order valence-electron chi connectivity index (χ3n) is 4.58. The summed E-state index contributed by atoms with van der Waals surface area (Å²) in [6.45, 7) is 1.19. The Hall–Kier alpha value is -2.16. The molecular weight excluding hydrogens is 406 g/mol. The first kappa shape index (κ1) is 21.5. The second-order valence-corrected chi connectivity index (χ2v) is 10.1. The molecule has 0 aliphatic carbocycles. The molecule has 6 nitrogen and oxygen atoms in total. The summed E-state index contributed by atoms with van der Waals surface area (Å²) in [5.41, 5.74) is 1.56. The Balaban J connectivity index is 1.78. The highest BCUT2D eigenvalue weighted by Gasteiger charge is 2.26. The van der Waals surface area contributed by atoms with Crippen LogP contribution in [0, 0.1) is 0 Å². The zero-order chi connectivity index (χ0) is 20.9. The van der Waals surface area contributed by atoms with Gasteiger partial charge in [-0.2, -0.15) is 0 Å². The molecule has 29 heavy (non-hydrogen) atoms. The van der Waals surface area contributed by atoms with Crippen LogP contribution in [0.15, 0.2) is 64.5 Å². The minimum atomic E-state index is -3.59. The number of carbonyl (C=O) groups is 1. The number of aliphatic imine (C=N–C) groups is 1. The quantitative estimate of drug-likeness (QED) is 0.705. The molecule has 154 valence electrons. The van der Waals surface area contributed by atoms with E-state index in [1.54, 1.807) is 28.8 Å². The molecule has 0 saturated carbocycles. The molecule has 1 amide bonds. The van der Waals surface area contributed by atoms with E-state index < -0.39 is 10.0 Å². The van der Waals surface area contributed by atoms with Gasteiger partial charge in [-0.25, -0.2) is 12.7 Å². The first-order valence-corrected chi connectivity index (χ1v) is 11.9. The molecule has 1 aliphatic rings. The summed E-state index contributed by atoms with van der Waals surface area (Å²) in [5.74, 6) is 0.703. The van der Waals surface area contributed by atoms with Gasteiger partial charge < -0.3 is 0 Å². The minimum Gasteiger partial charge on any atom is -0.287 e. The van der Waals surface area contributed by atoms with Crippen molar-refractivity contribution in [2.75, 3.05) is 32.9 Å². The molecule has 0 aromatic heterocycles. The van der Waals surface area contributed by atoms with E-state index in [-0.39, 0.29) is 10.8 Å². The van der Waals surface area contributed by atoms with Gasteiger partial charge in [0.25, 0.3) is 5.91 Å². The molecule has 1 heterocycles. The van der Waals surface area contributed by atoms with Crippen LogP contribution >= 0.6 is 11.8 Å². The van der Waals surface area contributed by atoms with Gasteiger partial charge in [-0.3, -0.25) is 14.7 Å². The van der Waals surface area contributed by atoms with Gasteiger partial charge in [-0.15, -0.1) is 0 Å².